The number of amidine groups is 1. The van der Waals surface area contributed by atoms with E-state index in [2.05, 4.69) is 10.3 Å². The second kappa shape index (κ2) is 7.33. The molecule has 0 saturated heterocycles. The molecule has 3 nitrogen and oxygen atoms in total. The summed E-state index contributed by atoms with van der Waals surface area (Å²) in [4.78, 5) is 4.38. The van der Waals surface area contributed by atoms with Crippen molar-refractivity contribution in [2.45, 2.75) is 64.2 Å². The second-order valence-corrected chi connectivity index (χ2v) is 6.88. The maximum Gasteiger partial charge on any atom is 0.284 e. The number of hydrogen-bond donors (Lipinski definition) is 1. The van der Waals surface area contributed by atoms with Crippen LogP contribution in [0.2, 0.25) is 0 Å². The van der Waals surface area contributed by atoms with E-state index in [4.69, 9.17) is 4.74 Å². The van der Waals surface area contributed by atoms with Gasteiger partial charge < -0.3 is 10.1 Å². The molecule has 114 valence electrons. The molecule has 3 heteroatoms. The fourth-order valence-electron chi connectivity index (χ4n) is 4.49. The van der Waals surface area contributed by atoms with Gasteiger partial charge in [-0.2, -0.15) is 0 Å². The second-order valence-electron chi connectivity index (χ2n) is 6.88. The van der Waals surface area contributed by atoms with E-state index < -0.39 is 0 Å². The van der Waals surface area contributed by atoms with E-state index in [0.717, 1.165) is 43.5 Å². The van der Waals surface area contributed by atoms with Crippen molar-refractivity contribution in [1.29, 1.82) is 0 Å². The zero-order valence-corrected chi connectivity index (χ0v) is 12.8. The molecule has 3 aliphatic rings. The van der Waals surface area contributed by atoms with Gasteiger partial charge in [-0.15, -0.1) is 0 Å². The van der Waals surface area contributed by atoms with Crippen molar-refractivity contribution in [2.24, 2.45) is 22.7 Å². The number of nitrogens with zero attached hydrogens (tertiary/aromatic N) is 1. The lowest BCUT2D eigenvalue weighted by Crippen LogP contribution is -2.38. The number of rotatable bonds is 4. The normalized spacial score (nSPS) is 25.6. The molecule has 0 spiro atoms. The number of hydrogen-bond acceptors (Lipinski definition) is 3. The van der Waals surface area contributed by atoms with E-state index in [-0.39, 0.29) is 0 Å². The molecule has 1 aliphatic heterocycles. The molecule has 20 heavy (non-hydrogen) atoms. The molecule has 3 rings (SSSR count). The Morgan fingerprint density at radius 3 is 2.05 bits per heavy atom. The van der Waals surface area contributed by atoms with Crippen LogP contribution in [0.15, 0.2) is 4.99 Å². The summed E-state index contributed by atoms with van der Waals surface area (Å²) < 4.78 is 5.52. The monoisotopic (exact) mass is 278 g/mol. The molecule has 0 aromatic heterocycles. The molecule has 0 amide bonds. The van der Waals surface area contributed by atoms with Crippen molar-refractivity contribution in [2.75, 3.05) is 19.7 Å². The molecule has 0 aromatic rings. The van der Waals surface area contributed by atoms with Crippen molar-refractivity contribution >= 4 is 6.02 Å². The van der Waals surface area contributed by atoms with Crippen LogP contribution in [0.5, 0.6) is 0 Å². The van der Waals surface area contributed by atoms with Gasteiger partial charge in [-0.25, -0.2) is 4.99 Å². The van der Waals surface area contributed by atoms with Crippen molar-refractivity contribution in [3.05, 3.63) is 0 Å². The summed E-state index contributed by atoms with van der Waals surface area (Å²) in [7, 11) is 0. The maximum atomic E-state index is 5.52. The lowest BCUT2D eigenvalue weighted by molar-refractivity contribution is 0.143. The molecule has 0 unspecified atom stereocenters. The molecule has 0 atom stereocenters. The minimum absolute atomic E-state index is 0.764. The van der Waals surface area contributed by atoms with E-state index in [9.17, 15) is 0 Å². The third-order valence-corrected chi connectivity index (χ3v) is 5.59. The van der Waals surface area contributed by atoms with E-state index in [1.165, 1.54) is 64.2 Å². The Morgan fingerprint density at radius 2 is 1.55 bits per heavy atom. The van der Waals surface area contributed by atoms with Crippen LogP contribution in [-0.4, -0.2) is 25.7 Å². The summed E-state index contributed by atoms with van der Waals surface area (Å²) >= 11 is 0. The molecule has 2 fully saturated rings. The molecule has 2 aliphatic carbocycles. The van der Waals surface area contributed by atoms with Gasteiger partial charge in [0.05, 0.1) is 6.54 Å². The van der Waals surface area contributed by atoms with Crippen molar-refractivity contribution < 1.29 is 4.74 Å². The van der Waals surface area contributed by atoms with Crippen LogP contribution in [0, 0.1) is 17.8 Å². The van der Waals surface area contributed by atoms with Gasteiger partial charge in [-0.05, 0) is 17.8 Å². The van der Waals surface area contributed by atoms with Crippen LogP contribution in [-0.2, 0) is 4.74 Å². The zero-order valence-electron chi connectivity index (χ0n) is 12.8. The molecule has 1 heterocycles. The summed E-state index contributed by atoms with van der Waals surface area (Å²) in [6, 6.07) is 0.807. The Bertz CT molecular complexity index is 299. The van der Waals surface area contributed by atoms with E-state index in [0.29, 0.717) is 0 Å². The fourth-order valence-corrected chi connectivity index (χ4v) is 4.49. The SMILES string of the molecule is C1CCC(C(CNC2=NCCO2)C2CCCCC2)CC1. The minimum Gasteiger partial charge on any atom is -0.463 e. The van der Waals surface area contributed by atoms with Crippen LogP contribution in [0.3, 0.4) is 0 Å². The topological polar surface area (TPSA) is 33.6 Å². The summed E-state index contributed by atoms with van der Waals surface area (Å²) in [5, 5.41) is 3.50. The average molecular weight is 278 g/mol. The third-order valence-electron chi connectivity index (χ3n) is 5.59. The predicted octanol–water partition coefficient (Wildman–Crippen LogP) is 3.74. The highest BCUT2D eigenvalue weighted by molar-refractivity contribution is 5.74. The Morgan fingerprint density at radius 1 is 0.950 bits per heavy atom. The van der Waals surface area contributed by atoms with E-state index in [1.807, 2.05) is 0 Å². The lowest BCUT2D eigenvalue weighted by Gasteiger charge is -2.38. The first kappa shape index (κ1) is 14.2. The lowest BCUT2D eigenvalue weighted by atomic mass is 9.69. The zero-order chi connectivity index (χ0) is 13.6. The van der Waals surface area contributed by atoms with E-state index >= 15 is 0 Å². The van der Waals surface area contributed by atoms with Crippen LogP contribution in [0.25, 0.3) is 0 Å². The van der Waals surface area contributed by atoms with Gasteiger partial charge in [0.2, 0.25) is 0 Å². The predicted molar refractivity (Wildman–Crippen MR) is 82.9 cm³/mol. The molecule has 0 aromatic carbocycles. The summed E-state index contributed by atoms with van der Waals surface area (Å²) in [6.07, 6.45) is 14.5. The van der Waals surface area contributed by atoms with Gasteiger partial charge in [0, 0.05) is 6.54 Å². The smallest absolute Gasteiger partial charge is 0.284 e. The Hall–Kier alpha value is -0.730. The van der Waals surface area contributed by atoms with Crippen LogP contribution >= 0.6 is 0 Å². The minimum atomic E-state index is 0.764. The first-order valence-corrected chi connectivity index (χ1v) is 8.84. The molecule has 0 bridgehead atoms. The highest BCUT2D eigenvalue weighted by Crippen LogP contribution is 2.39. The summed E-state index contributed by atoms with van der Waals surface area (Å²) in [5.74, 6) is 2.74. The van der Waals surface area contributed by atoms with Crippen molar-refractivity contribution in [1.82, 2.24) is 5.32 Å². The van der Waals surface area contributed by atoms with Gasteiger partial charge in [0.1, 0.15) is 6.61 Å². The van der Waals surface area contributed by atoms with Crippen molar-refractivity contribution in [3.8, 4) is 0 Å². The molecule has 1 N–H and O–H groups in total. The largest absolute Gasteiger partial charge is 0.463 e. The number of aliphatic imine (C=N–C) groups is 1. The molecular formula is C17H30N2O. The summed E-state index contributed by atoms with van der Waals surface area (Å²) in [5.41, 5.74) is 0. The Kier molecular flexibility index (Phi) is 5.21. The van der Waals surface area contributed by atoms with Crippen LogP contribution in [0.1, 0.15) is 64.2 Å². The van der Waals surface area contributed by atoms with Gasteiger partial charge in [0.25, 0.3) is 6.02 Å². The quantitative estimate of drug-likeness (QED) is 0.850. The van der Waals surface area contributed by atoms with Gasteiger partial charge >= 0.3 is 0 Å². The van der Waals surface area contributed by atoms with Gasteiger partial charge in [-0.3, -0.25) is 0 Å². The van der Waals surface area contributed by atoms with Crippen molar-refractivity contribution in [3.63, 3.8) is 0 Å². The maximum absolute atomic E-state index is 5.52. The molecule has 0 radical (unpaired) electrons. The summed E-state index contributed by atoms with van der Waals surface area (Å²) in [6.45, 7) is 2.69. The highest BCUT2D eigenvalue weighted by atomic mass is 16.5. The Balaban J connectivity index is 1.58. The molecule has 2 saturated carbocycles. The first-order valence-electron chi connectivity index (χ1n) is 8.84. The number of ether oxygens (including phenoxy) is 1. The Labute approximate surface area is 123 Å². The highest BCUT2D eigenvalue weighted by Gasteiger charge is 2.31. The van der Waals surface area contributed by atoms with Gasteiger partial charge in [0.15, 0.2) is 0 Å². The van der Waals surface area contributed by atoms with Crippen LogP contribution in [0.4, 0.5) is 0 Å². The van der Waals surface area contributed by atoms with E-state index in [1.54, 1.807) is 0 Å². The average Bonchev–Trinajstić information content (AvgIpc) is 3.03. The van der Waals surface area contributed by atoms with Gasteiger partial charge in [-0.1, -0.05) is 64.2 Å². The number of nitrogens with one attached hydrogen (secondary N) is 1. The third kappa shape index (κ3) is 3.67. The fraction of sp³-hybridized carbons (Fsp3) is 0.941. The first-order chi connectivity index (χ1) is 9.93. The molecular weight excluding hydrogens is 248 g/mol. The standard InChI is InChI=1S/C17H30N2O/c1-3-7-14(8-4-1)16(15-9-5-2-6-10-15)13-19-17-18-11-12-20-17/h14-16H,1-13H2,(H,18,19). The van der Waals surface area contributed by atoms with Crippen LogP contribution < -0.4 is 5.32 Å².